The second kappa shape index (κ2) is 4.93. The van der Waals surface area contributed by atoms with Crippen molar-refractivity contribution < 1.29 is 0 Å². The molecule has 0 fully saturated rings. The summed E-state index contributed by atoms with van der Waals surface area (Å²) in [5.41, 5.74) is 4.90. The Morgan fingerprint density at radius 1 is 1.10 bits per heavy atom. The van der Waals surface area contributed by atoms with Crippen LogP contribution in [0.5, 0.6) is 0 Å². The first-order chi connectivity index (χ1) is 10.2. The van der Waals surface area contributed by atoms with Crippen LogP contribution in [0.1, 0.15) is 24.0 Å². The molecule has 0 bridgehead atoms. The molecular formula is C16H14N2OS2. The van der Waals surface area contributed by atoms with Gasteiger partial charge < -0.3 is 4.98 Å². The van der Waals surface area contributed by atoms with E-state index in [2.05, 4.69) is 28.2 Å². The first kappa shape index (κ1) is 13.0. The third-order valence-corrected chi connectivity index (χ3v) is 5.23. The smallest absolute Gasteiger partial charge is 0.261 e. The Balaban J connectivity index is 1.95. The molecule has 106 valence electrons. The summed E-state index contributed by atoms with van der Waals surface area (Å²) in [5, 5.41) is 2.75. The van der Waals surface area contributed by atoms with Crippen LogP contribution in [-0.4, -0.2) is 9.97 Å². The van der Waals surface area contributed by atoms with Gasteiger partial charge in [-0.1, -0.05) is 18.2 Å². The number of aryl methyl sites for hydroxylation is 2. The average molecular weight is 314 g/mol. The summed E-state index contributed by atoms with van der Waals surface area (Å²) in [6.45, 7) is 0. The fraction of sp³-hybridized carbons (Fsp3) is 0.250. The number of aromatic nitrogens is 2. The molecule has 0 saturated heterocycles. The molecule has 2 heterocycles. The lowest BCUT2D eigenvalue weighted by molar-refractivity contribution is 0.686. The number of aromatic amines is 2. The lowest BCUT2D eigenvalue weighted by Gasteiger charge is -2.16. The van der Waals surface area contributed by atoms with Gasteiger partial charge in [-0.3, -0.25) is 9.78 Å². The van der Waals surface area contributed by atoms with Crippen molar-refractivity contribution in [2.24, 2.45) is 0 Å². The number of thiophene rings is 1. The second-order valence-corrected chi connectivity index (χ2v) is 6.74. The molecule has 1 aliphatic carbocycles. The van der Waals surface area contributed by atoms with Crippen molar-refractivity contribution in [3.63, 3.8) is 0 Å². The molecular weight excluding hydrogens is 300 g/mol. The van der Waals surface area contributed by atoms with Gasteiger partial charge in [0.1, 0.15) is 4.83 Å². The zero-order valence-electron chi connectivity index (χ0n) is 11.4. The molecule has 1 aromatic carbocycles. The van der Waals surface area contributed by atoms with Gasteiger partial charge in [0.15, 0.2) is 4.77 Å². The largest absolute Gasteiger partial charge is 0.323 e. The van der Waals surface area contributed by atoms with Gasteiger partial charge in [-0.15, -0.1) is 11.3 Å². The maximum atomic E-state index is 12.2. The van der Waals surface area contributed by atoms with Crippen molar-refractivity contribution in [3.8, 4) is 11.1 Å². The van der Waals surface area contributed by atoms with Crippen LogP contribution in [0.3, 0.4) is 0 Å². The van der Waals surface area contributed by atoms with E-state index >= 15 is 0 Å². The maximum Gasteiger partial charge on any atom is 0.261 e. The van der Waals surface area contributed by atoms with Crippen molar-refractivity contribution >= 4 is 33.8 Å². The molecule has 0 radical (unpaired) electrons. The van der Waals surface area contributed by atoms with E-state index in [1.165, 1.54) is 41.7 Å². The molecule has 3 nitrogen and oxygen atoms in total. The van der Waals surface area contributed by atoms with Gasteiger partial charge in [0.2, 0.25) is 0 Å². The number of benzene rings is 1. The fourth-order valence-corrected chi connectivity index (χ4v) is 4.32. The van der Waals surface area contributed by atoms with Crippen molar-refractivity contribution in [2.75, 3.05) is 0 Å². The Morgan fingerprint density at radius 3 is 2.76 bits per heavy atom. The average Bonchev–Trinajstić information content (AvgIpc) is 2.90. The molecule has 5 heteroatoms. The monoisotopic (exact) mass is 314 g/mol. The third kappa shape index (κ3) is 2.17. The van der Waals surface area contributed by atoms with E-state index in [0.29, 0.717) is 10.2 Å². The van der Waals surface area contributed by atoms with Crippen LogP contribution in [0.2, 0.25) is 0 Å². The van der Waals surface area contributed by atoms with Crippen molar-refractivity contribution in [1.82, 2.24) is 9.97 Å². The number of hydrogen-bond donors (Lipinski definition) is 2. The van der Waals surface area contributed by atoms with E-state index in [9.17, 15) is 4.79 Å². The summed E-state index contributed by atoms with van der Waals surface area (Å²) in [6.07, 6.45) is 4.86. The predicted octanol–water partition coefficient (Wildman–Crippen LogP) is 4.19. The molecule has 1 aliphatic rings. The lowest BCUT2D eigenvalue weighted by Crippen LogP contribution is -2.07. The third-order valence-electron chi connectivity index (χ3n) is 4.13. The van der Waals surface area contributed by atoms with E-state index in [-0.39, 0.29) is 5.56 Å². The van der Waals surface area contributed by atoms with Gasteiger partial charge >= 0.3 is 0 Å². The van der Waals surface area contributed by atoms with Crippen LogP contribution in [0, 0.1) is 4.77 Å². The first-order valence-electron chi connectivity index (χ1n) is 7.08. The molecule has 2 aromatic heterocycles. The van der Waals surface area contributed by atoms with Gasteiger partial charge in [-0.2, -0.15) is 0 Å². The van der Waals surface area contributed by atoms with Crippen molar-refractivity contribution in [1.29, 1.82) is 0 Å². The van der Waals surface area contributed by atoms with Gasteiger partial charge in [0.05, 0.1) is 5.39 Å². The van der Waals surface area contributed by atoms with Crippen LogP contribution in [0.25, 0.3) is 21.3 Å². The van der Waals surface area contributed by atoms with E-state index in [1.54, 1.807) is 0 Å². The van der Waals surface area contributed by atoms with Crippen LogP contribution >= 0.6 is 23.6 Å². The molecule has 2 N–H and O–H groups in total. The van der Waals surface area contributed by atoms with E-state index in [0.717, 1.165) is 22.4 Å². The van der Waals surface area contributed by atoms with Crippen molar-refractivity contribution in [3.05, 3.63) is 49.8 Å². The molecule has 3 aromatic rings. The normalized spacial score (nSPS) is 14.3. The van der Waals surface area contributed by atoms with Crippen LogP contribution in [0.4, 0.5) is 0 Å². The number of rotatable bonds is 1. The summed E-state index contributed by atoms with van der Waals surface area (Å²) >= 11 is 6.56. The number of hydrogen-bond acceptors (Lipinski definition) is 3. The molecule has 21 heavy (non-hydrogen) atoms. The van der Waals surface area contributed by atoms with Crippen LogP contribution in [0.15, 0.2) is 28.4 Å². The number of H-pyrrole nitrogens is 2. The first-order valence-corrected chi connectivity index (χ1v) is 8.37. The van der Waals surface area contributed by atoms with E-state index < -0.39 is 0 Å². The summed E-state index contributed by atoms with van der Waals surface area (Å²) in [6, 6.07) is 6.59. The zero-order valence-corrected chi connectivity index (χ0v) is 13.0. The minimum Gasteiger partial charge on any atom is -0.323 e. The predicted molar refractivity (Wildman–Crippen MR) is 89.7 cm³/mol. The molecule has 0 unspecified atom stereocenters. The molecule has 0 aliphatic heterocycles. The topological polar surface area (TPSA) is 48.6 Å². The van der Waals surface area contributed by atoms with E-state index in [4.69, 9.17) is 12.2 Å². The van der Waals surface area contributed by atoms with E-state index in [1.807, 2.05) is 5.38 Å². The molecule has 0 amide bonds. The highest BCUT2D eigenvalue weighted by atomic mass is 32.1. The summed E-state index contributed by atoms with van der Waals surface area (Å²) in [7, 11) is 0. The van der Waals surface area contributed by atoms with Gasteiger partial charge in [-0.25, -0.2) is 0 Å². The maximum absolute atomic E-state index is 12.2. The summed E-state index contributed by atoms with van der Waals surface area (Å²) in [5.74, 6) is 0. The van der Waals surface area contributed by atoms with Gasteiger partial charge in [-0.05, 0) is 54.6 Å². The highest BCUT2D eigenvalue weighted by molar-refractivity contribution is 7.71. The Labute approximate surface area is 130 Å². The minimum atomic E-state index is -0.109. The van der Waals surface area contributed by atoms with Crippen molar-refractivity contribution in [2.45, 2.75) is 25.7 Å². The molecule has 0 atom stereocenters. The molecule has 4 rings (SSSR count). The fourth-order valence-electron chi connectivity index (χ4n) is 3.09. The quantitative estimate of drug-likeness (QED) is 0.662. The standard InChI is InChI=1S/C16H14N2OS2/c19-14-13-12(8-21-15(13)18-16(20)17-14)11-6-5-9-3-1-2-4-10(9)7-11/h5-8H,1-4H2,(H2,17,18,19,20). The summed E-state index contributed by atoms with van der Waals surface area (Å²) in [4.78, 5) is 18.8. The number of fused-ring (bicyclic) bond motifs is 2. The summed E-state index contributed by atoms with van der Waals surface area (Å²) < 4.78 is 0.381. The number of nitrogens with one attached hydrogen (secondary N) is 2. The van der Waals surface area contributed by atoms with Gasteiger partial charge in [0, 0.05) is 10.9 Å². The Kier molecular flexibility index (Phi) is 3.05. The molecule has 0 saturated carbocycles. The SMILES string of the molecule is O=c1[nH]c(=S)[nH]c2scc(-c3ccc4c(c3)CCCC4)c12. The Hall–Kier alpha value is -1.72. The Morgan fingerprint density at radius 2 is 1.90 bits per heavy atom. The highest BCUT2D eigenvalue weighted by Gasteiger charge is 2.14. The Bertz CT molecular complexity index is 949. The van der Waals surface area contributed by atoms with Crippen LogP contribution in [-0.2, 0) is 12.8 Å². The molecule has 0 spiro atoms. The zero-order chi connectivity index (χ0) is 14.4. The van der Waals surface area contributed by atoms with Gasteiger partial charge in [0.25, 0.3) is 5.56 Å². The lowest BCUT2D eigenvalue weighted by atomic mass is 9.89. The highest BCUT2D eigenvalue weighted by Crippen LogP contribution is 2.33. The minimum absolute atomic E-state index is 0.109. The van der Waals surface area contributed by atoms with Crippen LogP contribution < -0.4 is 5.56 Å². The second-order valence-electron chi connectivity index (χ2n) is 5.45.